The van der Waals surface area contributed by atoms with E-state index in [4.69, 9.17) is 9.84 Å². The average Bonchev–Trinajstić information content (AvgIpc) is 2.95. The highest BCUT2D eigenvalue weighted by Crippen LogP contribution is 2.19. The summed E-state index contributed by atoms with van der Waals surface area (Å²) in [4.78, 5) is 26.3. The summed E-state index contributed by atoms with van der Waals surface area (Å²) in [5.41, 5.74) is 1.11. The first-order valence-corrected chi connectivity index (χ1v) is 6.94. The average molecular weight is 293 g/mol. The normalized spacial score (nSPS) is 21.0. The molecule has 2 rings (SSSR count). The van der Waals surface area contributed by atoms with E-state index in [2.05, 4.69) is 15.6 Å². The Kier molecular flexibility index (Phi) is 5.51. The molecule has 1 saturated heterocycles. The fourth-order valence-electron chi connectivity index (χ4n) is 2.18. The summed E-state index contributed by atoms with van der Waals surface area (Å²) in [6, 6.07) is 3.53. The summed E-state index contributed by atoms with van der Waals surface area (Å²) < 4.78 is 5.30. The standard InChI is InChI=1S/C14H19N3O4/c18-13(19)12-2-1-11(21-12)9-17-14(20)16-8-5-10-3-6-15-7-4-10/h3-4,6-7,11-12H,1-2,5,8-9H2,(H,18,19)(H2,16,17,20). The molecule has 1 aliphatic heterocycles. The van der Waals surface area contributed by atoms with Gasteiger partial charge >= 0.3 is 12.0 Å². The summed E-state index contributed by atoms with van der Waals surface area (Å²) in [6.07, 6.45) is 4.33. The molecule has 0 bridgehead atoms. The first kappa shape index (κ1) is 15.2. The van der Waals surface area contributed by atoms with Crippen molar-refractivity contribution in [3.05, 3.63) is 30.1 Å². The third kappa shape index (κ3) is 5.03. The number of nitrogens with zero attached hydrogens (tertiary/aromatic N) is 1. The van der Waals surface area contributed by atoms with E-state index in [9.17, 15) is 9.59 Å². The minimum Gasteiger partial charge on any atom is -0.479 e. The smallest absolute Gasteiger partial charge is 0.332 e. The van der Waals surface area contributed by atoms with Gasteiger partial charge in [0.1, 0.15) is 0 Å². The lowest BCUT2D eigenvalue weighted by atomic mass is 10.2. The quantitative estimate of drug-likeness (QED) is 0.711. The van der Waals surface area contributed by atoms with E-state index in [1.54, 1.807) is 12.4 Å². The number of nitrogens with one attached hydrogen (secondary N) is 2. The van der Waals surface area contributed by atoms with E-state index in [1.165, 1.54) is 0 Å². The monoisotopic (exact) mass is 293 g/mol. The van der Waals surface area contributed by atoms with Crippen molar-refractivity contribution in [3.8, 4) is 0 Å². The van der Waals surface area contributed by atoms with E-state index in [0.29, 0.717) is 25.9 Å². The molecule has 2 amide bonds. The number of amides is 2. The number of carboxylic acid groups (broad SMARTS) is 1. The van der Waals surface area contributed by atoms with Crippen LogP contribution in [0.4, 0.5) is 4.79 Å². The Morgan fingerprint density at radius 1 is 1.29 bits per heavy atom. The fourth-order valence-corrected chi connectivity index (χ4v) is 2.18. The first-order valence-electron chi connectivity index (χ1n) is 6.94. The Labute approximate surface area is 122 Å². The number of aromatic nitrogens is 1. The molecular formula is C14H19N3O4. The summed E-state index contributed by atoms with van der Waals surface area (Å²) >= 11 is 0. The van der Waals surface area contributed by atoms with Gasteiger partial charge in [-0.25, -0.2) is 9.59 Å². The number of hydrogen-bond acceptors (Lipinski definition) is 4. The molecule has 2 atom stereocenters. The van der Waals surface area contributed by atoms with Crippen LogP contribution < -0.4 is 10.6 Å². The summed E-state index contributed by atoms with van der Waals surface area (Å²) in [6.45, 7) is 0.851. The number of rotatable bonds is 6. The zero-order valence-corrected chi connectivity index (χ0v) is 11.6. The van der Waals surface area contributed by atoms with Crippen LogP contribution in [0.25, 0.3) is 0 Å². The van der Waals surface area contributed by atoms with Gasteiger partial charge in [-0.1, -0.05) is 0 Å². The Morgan fingerprint density at radius 3 is 2.71 bits per heavy atom. The predicted octanol–water partition coefficient (Wildman–Crippen LogP) is 0.555. The Bertz CT molecular complexity index is 480. The lowest BCUT2D eigenvalue weighted by Crippen LogP contribution is -2.40. The van der Waals surface area contributed by atoms with Crippen LogP contribution in [0.1, 0.15) is 18.4 Å². The number of urea groups is 1. The molecule has 3 N–H and O–H groups in total. The molecule has 1 aromatic heterocycles. The van der Waals surface area contributed by atoms with Crippen LogP contribution in [0.5, 0.6) is 0 Å². The van der Waals surface area contributed by atoms with Crippen LogP contribution in [0.3, 0.4) is 0 Å². The van der Waals surface area contributed by atoms with Gasteiger partial charge in [-0.2, -0.15) is 0 Å². The molecule has 21 heavy (non-hydrogen) atoms. The van der Waals surface area contributed by atoms with Crippen LogP contribution in [-0.2, 0) is 16.0 Å². The summed E-state index contributed by atoms with van der Waals surface area (Å²) in [7, 11) is 0. The highest BCUT2D eigenvalue weighted by Gasteiger charge is 2.30. The van der Waals surface area contributed by atoms with Crippen LogP contribution in [0.2, 0.25) is 0 Å². The molecule has 1 aliphatic rings. The molecule has 2 unspecified atom stereocenters. The van der Waals surface area contributed by atoms with Crippen LogP contribution in [0.15, 0.2) is 24.5 Å². The second kappa shape index (κ2) is 7.58. The Balaban J connectivity index is 1.59. The van der Waals surface area contributed by atoms with E-state index in [-0.39, 0.29) is 12.1 Å². The second-order valence-corrected chi connectivity index (χ2v) is 4.90. The molecule has 114 valence electrons. The zero-order chi connectivity index (χ0) is 15.1. The van der Waals surface area contributed by atoms with Crippen molar-refractivity contribution in [3.63, 3.8) is 0 Å². The number of hydrogen-bond donors (Lipinski definition) is 3. The van der Waals surface area contributed by atoms with Crippen LogP contribution >= 0.6 is 0 Å². The van der Waals surface area contributed by atoms with Crippen molar-refractivity contribution in [2.24, 2.45) is 0 Å². The van der Waals surface area contributed by atoms with Gasteiger partial charge in [-0.3, -0.25) is 4.98 Å². The number of carbonyl (C=O) groups excluding carboxylic acids is 1. The van der Waals surface area contributed by atoms with E-state index < -0.39 is 12.1 Å². The van der Waals surface area contributed by atoms with Crippen molar-refractivity contribution in [2.75, 3.05) is 13.1 Å². The van der Waals surface area contributed by atoms with Gasteiger partial charge in [0.15, 0.2) is 6.10 Å². The summed E-state index contributed by atoms with van der Waals surface area (Å²) in [5.74, 6) is -0.945. The number of carbonyl (C=O) groups is 2. The van der Waals surface area contributed by atoms with E-state index >= 15 is 0 Å². The molecule has 1 fully saturated rings. The first-order chi connectivity index (χ1) is 10.1. The van der Waals surface area contributed by atoms with Crippen molar-refractivity contribution in [2.45, 2.75) is 31.5 Å². The van der Waals surface area contributed by atoms with Crippen molar-refractivity contribution in [1.29, 1.82) is 0 Å². The maximum absolute atomic E-state index is 11.6. The lowest BCUT2D eigenvalue weighted by molar-refractivity contribution is -0.149. The van der Waals surface area contributed by atoms with Crippen molar-refractivity contribution >= 4 is 12.0 Å². The van der Waals surface area contributed by atoms with Gasteiger partial charge in [0.05, 0.1) is 6.10 Å². The second-order valence-electron chi connectivity index (χ2n) is 4.90. The van der Waals surface area contributed by atoms with Gasteiger partial charge in [0.2, 0.25) is 0 Å². The minimum atomic E-state index is -0.945. The van der Waals surface area contributed by atoms with Gasteiger partial charge < -0.3 is 20.5 Å². The topological polar surface area (TPSA) is 101 Å². The van der Waals surface area contributed by atoms with E-state index in [0.717, 1.165) is 12.0 Å². The maximum Gasteiger partial charge on any atom is 0.332 e. The number of aliphatic carboxylic acids is 1. The Hall–Kier alpha value is -2.15. The van der Waals surface area contributed by atoms with E-state index in [1.807, 2.05) is 12.1 Å². The zero-order valence-electron chi connectivity index (χ0n) is 11.6. The fraction of sp³-hybridized carbons (Fsp3) is 0.500. The SMILES string of the molecule is O=C(NCCc1ccncc1)NCC1CCC(C(=O)O)O1. The van der Waals surface area contributed by atoms with Crippen LogP contribution in [-0.4, -0.2) is 47.4 Å². The number of pyridine rings is 1. The Morgan fingerprint density at radius 2 is 2.05 bits per heavy atom. The molecule has 0 spiro atoms. The van der Waals surface area contributed by atoms with Crippen LogP contribution in [0, 0.1) is 0 Å². The van der Waals surface area contributed by atoms with Gasteiger partial charge in [-0.05, 0) is 37.0 Å². The molecule has 0 radical (unpaired) electrons. The third-order valence-electron chi connectivity index (χ3n) is 3.32. The molecule has 1 aromatic rings. The molecular weight excluding hydrogens is 274 g/mol. The molecule has 0 saturated carbocycles. The third-order valence-corrected chi connectivity index (χ3v) is 3.32. The van der Waals surface area contributed by atoms with Crippen molar-refractivity contribution < 1.29 is 19.4 Å². The van der Waals surface area contributed by atoms with Gasteiger partial charge in [-0.15, -0.1) is 0 Å². The van der Waals surface area contributed by atoms with Crippen molar-refractivity contribution in [1.82, 2.24) is 15.6 Å². The number of ether oxygens (including phenoxy) is 1. The summed E-state index contributed by atoms with van der Waals surface area (Å²) in [5, 5.41) is 14.2. The predicted molar refractivity (Wildman–Crippen MR) is 74.9 cm³/mol. The van der Waals surface area contributed by atoms with Gasteiger partial charge in [0.25, 0.3) is 0 Å². The largest absolute Gasteiger partial charge is 0.479 e. The lowest BCUT2D eigenvalue weighted by Gasteiger charge is -2.13. The number of carboxylic acids is 1. The molecule has 7 nitrogen and oxygen atoms in total. The molecule has 0 aromatic carbocycles. The molecule has 0 aliphatic carbocycles. The minimum absolute atomic E-state index is 0.225. The molecule has 7 heteroatoms. The van der Waals surface area contributed by atoms with Gasteiger partial charge in [0, 0.05) is 25.5 Å². The molecule has 2 heterocycles. The highest BCUT2D eigenvalue weighted by molar-refractivity contribution is 5.74. The maximum atomic E-state index is 11.6. The highest BCUT2D eigenvalue weighted by atomic mass is 16.5.